The Hall–Kier alpha value is -1.28. The van der Waals surface area contributed by atoms with Crippen LogP contribution in [0.2, 0.25) is 0 Å². The van der Waals surface area contributed by atoms with Gasteiger partial charge in [-0.2, -0.15) is 0 Å². The molecule has 0 atom stereocenters. The molecule has 0 spiro atoms. The maximum absolute atomic E-state index is 3.75. The van der Waals surface area contributed by atoms with E-state index in [1.165, 1.54) is 47.8 Å². The van der Waals surface area contributed by atoms with Crippen LogP contribution in [0.15, 0.2) is 24.3 Å². The monoisotopic (exact) mass is 270 g/mol. The van der Waals surface area contributed by atoms with Crippen molar-refractivity contribution in [1.82, 2.24) is 9.88 Å². The van der Waals surface area contributed by atoms with E-state index in [0.29, 0.717) is 6.04 Å². The molecule has 0 saturated heterocycles. The van der Waals surface area contributed by atoms with Crippen LogP contribution in [0.4, 0.5) is 0 Å². The van der Waals surface area contributed by atoms with Crippen LogP contribution in [0.1, 0.15) is 56.8 Å². The van der Waals surface area contributed by atoms with Crippen molar-refractivity contribution < 1.29 is 0 Å². The summed E-state index contributed by atoms with van der Waals surface area (Å²) in [5, 5.41) is 5.13. The number of aromatic nitrogens is 1. The van der Waals surface area contributed by atoms with Crippen LogP contribution >= 0.6 is 0 Å². The highest BCUT2D eigenvalue weighted by atomic mass is 15.0. The van der Waals surface area contributed by atoms with E-state index in [1.807, 2.05) is 0 Å². The van der Waals surface area contributed by atoms with Gasteiger partial charge in [0.2, 0.25) is 0 Å². The largest absolute Gasteiger partial charge is 0.341 e. The van der Waals surface area contributed by atoms with Crippen molar-refractivity contribution in [2.24, 2.45) is 0 Å². The Balaban J connectivity index is 1.92. The lowest BCUT2D eigenvalue weighted by atomic mass is 10.1. The molecule has 20 heavy (non-hydrogen) atoms. The average Bonchev–Trinajstić information content (AvgIpc) is 3.03. The third-order valence-electron chi connectivity index (χ3n) is 4.58. The smallest absolute Gasteiger partial charge is 0.0515 e. The molecule has 1 aliphatic rings. The minimum atomic E-state index is 0.508. The molecule has 1 aliphatic carbocycles. The fraction of sp³-hybridized carbons (Fsp3) is 0.556. The lowest BCUT2D eigenvalue weighted by molar-refractivity contribution is 0.497. The van der Waals surface area contributed by atoms with Crippen LogP contribution in [0.5, 0.6) is 0 Å². The number of hydrogen-bond acceptors (Lipinski definition) is 1. The zero-order valence-corrected chi connectivity index (χ0v) is 12.9. The lowest BCUT2D eigenvalue weighted by Gasteiger charge is -2.18. The van der Waals surface area contributed by atoms with E-state index in [2.05, 4.69) is 54.9 Å². The summed E-state index contributed by atoms with van der Waals surface area (Å²) in [6, 6.07) is 10.2. The Bertz CT molecular complexity index is 589. The van der Waals surface area contributed by atoms with E-state index in [0.717, 1.165) is 12.6 Å². The van der Waals surface area contributed by atoms with Crippen LogP contribution in [-0.2, 0) is 6.54 Å². The Labute approximate surface area is 122 Å². The molecule has 3 rings (SSSR count). The summed E-state index contributed by atoms with van der Waals surface area (Å²) in [7, 11) is 0. The van der Waals surface area contributed by atoms with Gasteiger partial charge >= 0.3 is 0 Å². The summed E-state index contributed by atoms with van der Waals surface area (Å²) in [6.07, 6.45) is 5.48. The van der Waals surface area contributed by atoms with Crippen LogP contribution < -0.4 is 5.32 Å². The van der Waals surface area contributed by atoms with Gasteiger partial charge < -0.3 is 9.88 Å². The Morgan fingerprint density at radius 1 is 1.25 bits per heavy atom. The standard InChI is InChI=1S/C18H26N2/c1-13(2)20-17(12-19-16-9-4-5-10-16)11-15-8-6-7-14(3)18(15)20/h6-8,11,13,16,19H,4-5,9-10,12H2,1-3H3. The summed E-state index contributed by atoms with van der Waals surface area (Å²) in [5.41, 5.74) is 4.21. The summed E-state index contributed by atoms with van der Waals surface area (Å²) < 4.78 is 2.51. The van der Waals surface area contributed by atoms with Crippen molar-refractivity contribution in [3.05, 3.63) is 35.5 Å². The van der Waals surface area contributed by atoms with Gasteiger partial charge in [0.25, 0.3) is 0 Å². The van der Waals surface area contributed by atoms with Crippen LogP contribution in [0.3, 0.4) is 0 Å². The van der Waals surface area contributed by atoms with Crippen LogP contribution in [-0.4, -0.2) is 10.6 Å². The summed E-state index contributed by atoms with van der Waals surface area (Å²) in [5.74, 6) is 0. The number of nitrogens with zero attached hydrogens (tertiary/aromatic N) is 1. The number of aryl methyl sites for hydroxylation is 1. The molecule has 1 aromatic heterocycles. The number of rotatable bonds is 4. The third kappa shape index (κ3) is 2.49. The van der Waals surface area contributed by atoms with Gasteiger partial charge in [-0.05, 0) is 45.2 Å². The van der Waals surface area contributed by atoms with Gasteiger partial charge in [0.1, 0.15) is 0 Å². The second kappa shape index (κ2) is 5.61. The van der Waals surface area contributed by atoms with E-state index in [9.17, 15) is 0 Å². The molecular formula is C18H26N2. The summed E-state index contributed by atoms with van der Waals surface area (Å²) >= 11 is 0. The molecule has 0 bridgehead atoms. The molecule has 2 heteroatoms. The Morgan fingerprint density at radius 2 is 2.00 bits per heavy atom. The second-order valence-electron chi connectivity index (χ2n) is 6.47. The van der Waals surface area contributed by atoms with Crippen LogP contribution in [0, 0.1) is 6.92 Å². The molecular weight excluding hydrogens is 244 g/mol. The number of para-hydroxylation sites is 1. The van der Waals surface area contributed by atoms with E-state index in [4.69, 9.17) is 0 Å². The molecule has 0 aliphatic heterocycles. The van der Waals surface area contributed by atoms with E-state index < -0.39 is 0 Å². The number of nitrogens with one attached hydrogen (secondary N) is 1. The first-order chi connectivity index (χ1) is 9.66. The number of fused-ring (bicyclic) bond motifs is 1. The van der Waals surface area contributed by atoms with Crippen molar-refractivity contribution in [2.45, 2.75) is 65.1 Å². The topological polar surface area (TPSA) is 17.0 Å². The van der Waals surface area contributed by atoms with Gasteiger partial charge in [0.15, 0.2) is 0 Å². The minimum absolute atomic E-state index is 0.508. The predicted molar refractivity (Wildman–Crippen MR) is 86.2 cm³/mol. The van der Waals surface area contributed by atoms with Crippen molar-refractivity contribution in [2.75, 3.05) is 0 Å². The van der Waals surface area contributed by atoms with Gasteiger partial charge in [0, 0.05) is 29.7 Å². The highest BCUT2D eigenvalue weighted by molar-refractivity contribution is 5.84. The molecule has 0 amide bonds. The summed E-state index contributed by atoms with van der Waals surface area (Å²) in [6.45, 7) is 7.78. The SMILES string of the molecule is Cc1cccc2cc(CNC3CCCC3)n(C(C)C)c12. The average molecular weight is 270 g/mol. The molecule has 1 saturated carbocycles. The quantitative estimate of drug-likeness (QED) is 0.861. The molecule has 1 heterocycles. The molecule has 108 valence electrons. The zero-order valence-electron chi connectivity index (χ0n) is 12.9. The molecule has 0 radical (unpaired) electrons. The van der Waals surface area contributed by atoms with Crippen molar-refractivity contribution in [3.8, 4) is 0 Å². The van der Waals surface area contributed by atoms with Crippen molar-refractivity contribution in [1.29, 1.82) is 0 Å². The molecule has 0 unspecified atom stereocenters. The van der Waals surface area contributed by atoms with Gasteiger partial charge in [-0.25, -0.2) is 0 Å². The highest BCUT2D eigenvalue weighted by Crippen LogP contribution is 2.27. The van der Waals surface area contributed by atoms with E-state index in [-0.39, 0.29) is 0 Å². The van der Waals surface area contributed by atoms with Crippen molar-refractivity contribution in [3.63, 3.8) is 0 Å². The maximum Gasteiger partial charge on any atom is 0.0515 e. The normalized spacial score (nSPS) is 16.6. The van der Waals surface area contributed by atoms with E-state index >= 15 is 0 Å². The van der Waals surface area contributed by atoms with Gasteiger partial charge in [-0.15, -0.1) is 0 Å². The van der Waals surface area contributed by atoms with E-state index in [1.54, 1.807) is 0 Å². The predicted octanol–water partition coefficient (Wildman–Crippen LogP) is 4.56. The fourth-order valence-corrected chi connectivity index (χ4v) is 3.62. The summed E-state index contributed by atoms with van der Waals surface area (Å²) in [4.78, 5) is 0. The maximum atomic E-state index is 3.75. The van der Waals surface area contributed by atoms with Gasteiger partial charge in [0.05, 0.1) is 5.52 Å². The molecule has 2 nitrogen and oxygen atoms in total. The molecule has 1 aromatic carbocycles. The number of benzene rings is 1. The Kier molecular flexibility index (Phi) is 3.84. The Morgan fingerprint density at radius 3 is 2.70 bits per heavy atom. The lowest BCUT2D eigenvalue weighted by Crippen LogP contribution is -2.26. The molecule has 1 N–H and O–H groups in total. The second-order valence-corrected chi connectivity index (χ2v) is 6.47. The van der Waals surface area contributed by atoms with Gasteiger partial charge in [-0.1, -0.05) is 31.0 Å². The first-order valence-electron chi connectivity index (χ1n) is 7.99. The van der Waals surface area contributed by atoms with Crippen LogP contribution in [0.25, 0.3) is 10.9 Å². The molecule has 2 aromatic rings. The highest BCUT2D eigenvalue weighted by Gasteiger charge is 2.17. The minimum Gasteiger partial charge on any atom is -0.341 e. The zero-order chi connectivity index (χ0) is 14.1. The van der Waals surface area contributed by atoms with Crippen molar-refractivity contribution >= 4 is 10.9 Å². The first-order valence-corrected chi connectivity index (χ1v) is 7.99. The van der Waals surface area contributed by atoms with Gasteiger partial charge in [-0.3, -0.25) is 0 Å². The third-order valence-corrected chi connectivity index (χ3v) is 4.58. The fourth-order valence-electron chi connectivity index (χ4n) is 3.62. The molecule has 1 fully saturated rings. The first kappa shape index (κ1) is 13.7. The number of hydrogen-bond donors (Lipinski definition) is 1.